The summed E-state index contributed by atoms with van der Waals surface area (Å²) in [7, 11) is -1.32. The molecule has 0 bridgehead atoms. The van der Waals surface area contributed by atoms with Gasteiger partial charge in [0.25, 0.3) is 0 Å². The molecule has 0 fully saturated rings. The minimum atomic E-state index is -0.698. The molecule has 0 N–H and O–H groups in total. The van der Waals surface area contributed by atoms with Crippen molar-refractivity contribution in [1.82, 2.24) is 0 Å². The minimum Gasteiger partial charge on any atom is -0.259 e. The van der Waals surface area contributed by atoms with Gasteiger partial charge in [-0.25, -0.2) is 0 Å². The van der Waals surface area contributed by atoms with Crippen molar-refractivity contribution in [2.45, 2.75) is 22.8 Å². The Morgan fingerprint density at radius 3 is 1.90 bits per heavy atom. The normalized spacial score (nSPS) is 19.9. The topological polar surface area (TPSA) is 34.1 Å². The lowest BCUT2D eigenvalue weighted by atomic mass is 10.1. The van der Waals surface area contributed by atoms with E-state index in [1.165, 1.54) is 16.7 Å². The van der Waals surface area contributed by atoms with Crippen LogP contribution in [0.1, 0.15) is 16.7 Å². The van der Waals surface area contributed by atoms with Crippen LogP contribution in [-0.4, -0.2) is 14.2 Å². The monoisotopic (exact) mass is 304 g/mol. The molecule has 1 unspecified atom stereocenters. The molecule has 2 aromatic carbocycles. The van der Waals surface area contributed by atoms with Crippen LogP contribution in [0, 0.1) is 0 Å². The van der Waals surface area contributed by atoms with Gasteiger partial charge < -0.3 is 0 Å². The first-order valence-corrected chi connectivity index (χ1v) is 9.43. The molecule has 0 saturated heterocycles. The Balaban J connectivity index is 0.000000121. The Morgan fingerprint density at radius 1 is 0.750 bits per heavy atom. The average Bonchev–Trinajstić information content (AvgIpc) is 3.02. The molecule has 2 aliphatic heterocycles. The molecule has 4 rings (SSSR count). The lowest BCUT2D eigenvalue weighted by molar-refractivity contribution is 0.684. The molecule has 2 aliphatic rings. The van der Waals surface area contributed by atoms with Crippen molar-refractivity contribution in [2.75, 3.05) is 5.75 Å². The number of benzene rings is 2. The Morgan fingerprint density at radius 2 is 1.30 bits per heavy atom. The highest BCUT2D eigenvalue weighted by Gasteiger charge is 2.16. The molecule has 0 saturated carbocycles. The largest absolute Gasteiger partial charge is 0.259 e. The Labute approximate surface area is 124 Å². The predicted octanol–water partition coefficient (Wildman–Crippen LogP) is 2.80. The summed E-state index contributed by atoms with van der Waals surface area (Å²) >= 11 is 0. The van der Waals surface area contributed by atoms with Gasteiger partial charge in [-0.05, 0) is 29.2 Å². The molecule has 2 aromatic rings. The maximum atomic E-state index is 11.2. The van der Waals surface area contributed by atoms with Crippen LogP contribution < -0.4 is 0 Å². The van der Waals surface area contributed by atoms with Crippen LogP contribution in [0.5, 0.6) is 0 Å². The fraction of sp³-hybridized carbons (Fsp3) is 0.250. The Kier molecular flexibility index (Phi) is 4.13. The Hall–Kier alpha value is -1.26. The fourth-order valence-electron chi connectivity index (χ4n) is 2.48. The summed E-state index contributed by atoms with van der Waals surface area (Å²) in [5.41, 5.74) is 3.79. The third-order valence-corrected chi connectivity index (χ3v) is 6.26. The van der Waals surface area contributed by atoms with Crippen molar-refractivity contribution in [3.63, 3.8) is 0 Å². The third kappa shape index (κ3) is 2.91. The summed E-state index contributed by atoms with van der Waals surface area (Å²) in [5.74, 6) is 2.34. The highest BCUT2D eigenvalue weighted by molar-refractivity contribution is 7.85. The zero-order valence-corrected chi connectivity index (χ0v) is 12.7. The molecule has 4 heteroatoms. The summed E-state index contributed by atoms with van der Waals surface area (Å²) in [4.78, 5) is 1.04. The van der Waals surface area contributed by atoms with Gasteiger partial charge in [0.15, 0.2) is 0 Å². The van der Waals surface area contributed by atoms with Gasteiger partial charge in [0.05, 0.1) is 10.8 Å². The van der Waals surface area contributed by atoms with E-state index in [0.29, 0.717) is 0 Å². The maximum Gasteiger partial charge on any atom is 0.0535 e. The first kappa shape index (κ1) is 13.7. The second-order valence-corrected chi connectivity index (χ2v) is 7.90. The van der Waals surface area contributed by atoms with Crippen molar-refractivity contribution in [3.05, 3.63) is 65.2 Å². The molecule has 2 nitrogen and oxygen atoms in total. The molecule has 104 valence electrons. The number of hydrogen-bond donors (Lipinski definition) is 0. The molecule has 0 aromatic heterocycles. The summed E-state index contributed by atoms with van der Waals surface area (Å²) in [6, 6.07) is 16.1. The zero-order valence-electron chi connectivity index (χ0n) is 11.1. The van der Waals surface area contributed by atoms with Gasteiger partial charge in [-0.1, -0.05) is 42.5 Å². The molecule has 0 amide bonds. The van der Waals surface area contributed by atoms with E-state index in [0.717, 1.165) is 28.6 Å². The first-order valence-electron chi connectivity index (χ1n) is 6.62. The van der Waals surface area contributed by atoms with Crippen molar-refractivity contribution >= 4 is 21.6 Å². The highest BCUT2D eigenvalue weighted by atomic mass is 32.2. The molecule has 0 radical (unpaired) electrons. The molecule has 2 heterocycles. The first-order chi connectivity index (χ1) is 9.74. The van der Waals surface area contributed by atoms with Gasteiger partial charge in [-0.2, -0.15) is 0 Å². The lowest BCUT2D eigenvalue weighted by Gasteiger charge is -1.92. The summed E-state index contributed by atoms with van der Waals surface area (Å²) in [6.45, 7) is 0. The van der Waals surface area contributed by atoms with E-state index < -0.39 is 21.6 Å². The van der Waals surface area contributed by atoms with Crippen molar-refractivity contribution in [1.29, 1.82) is 0 Å². The predicted molar refractivity (Wildman–Crippen MR) is 83.4 cm³/mol. The van der Waals surface area contributed by atoms with E-state index in [9.17, 15) is 8.42 Å². The summed E-state index contributed by atoms with van der Waals surface area (Å²) < 4.78 is 22.2. The summed E-state index contributed by atoms with van der Waals surface area (Å²) in [6.07, 6.45) is 0.989. The van der Waals surface area contributed by atoms with Crippen LogP contribution in [0.25, 0.3) is 0 Å². The van der Waals surface area contributed by atoms with Gasteiger partial charge >= 0.3 is 0 Å². The van der Waals surface area contributed by atoms with Crippen molar-refractivity contribution in [2.24, 2.45) is 0 Å². The van der Waals surface area contributed by atoms with Crippen molar-refractivity contribution in [3.8, 4) is 0 Å². The Bertz CT molecular complexity index is 653. The number of rotatable bonds is 0. The van der Waals surface area contributed by atoms with E-state index >= 15 is 0 Å². The van der Waals surface area contributed by atoms with E-state index in [1.807, 2.05) is 30.3 Å². The van der Waals surface area contributed by atoms with E-state index in [-0.39, 0.29) is 0 Å². The van der Waals surface area contributed by atoms with Crippen LogP contribution in [0.15, 0.2) is 53.4 Å². The van der Waals surface area contributed by atoms with Gasteiger partial charge in [-0.3, -0.25) is 8.42 Å². The number of fused-ring (bicyclic) bond motifs is 2. The van der Waals surface area contributed by atoms with Gasteiger partial charge in [0.1, 0.15) is 0 Å². The highest BCUT2D eigenvalue weighted by Crippen LogP contribution is 2.21. The summed E-state index contributed by atoms with van der Waals surface area (Å²) in [5, 5.41) is 0. The second kappa shape index (κ2) is 6.02. The smallest absolute Gasteiger partial charge is 0.0535 e. The van der Waals surface area contributed by atoms with Crippen LogP contribution >= 0.6 is 0 Å². The SMILES string of the molecule is O=S1CCc2ccccc21.O=S1Cc2ccccc2C1. The fourth-order valence-corrected chi connectivity index (χ4v) is 5.16. The van der Waals surface area contributed by atoms with Crippen LogP contribution in [-0.2, 0) is 39.5 Å². The van der Waals surface area contributed by atoms with Gasteiger partial charge in [0, 0.05) is 33.0 Å². The number of hydrogen-bond acceptors (Lipinski definition) is 2. The van der Waals surface area contributed by atoms with E-state index in [2.05, 4.69) is 18.2 Å². The molecule has 0 aliphatic carbocycles. The maximum absolute atomic E-state index is 11.2. The standard InChI is InChI=1S/2C8H8OS/c9-10-5-7-3-1-2-4-8(7)6-10;9-10-6-5-7-3-1-2-4-8(7)10/h2*1-4H,5-6H2. The lowest BCUT2D eigenvalue weighted by Crippen LogP contribution is -1.86. The van der Waals surface area contributed by atoms with E-state index in [1.54, 1.807) is 0 Å². The molecule has 0 spiro atoms. The quantitative estimate of drug-likeness (QED) is 0.750. The third-order valence-electron chi connectivity index (χ3n) is 3.53. The second-order valence-electron chi connectivity index (χ2n) is 4.90. The molecular weight excluding hydrogens is 288 g/mol. The molecule has 20 heavy (non-hydrogen) atoms. The number of aryl methyl sites for hydroxylation is 1. The van der Waals surface area contributed by atoms with Crippen LogP contribution in [0.3, 0.4) is 0 Å². The van der Waals surface area contributed by atoms with Crippen LogP contribution in [0.2, 0.25) is 0 Å². The van der Waals surface area contributed by atoms with Crippen molar-refractivity contribution < 1.29 is 8.42 Å². The van der Waals surface area contributed by atoms with Gasteiger partial charge in [-0.15, -0.1) is 0 Å². The van der Waals surface area contributed by atoms with E-state index in [4.69, 9.17) is 0 Å². The molecule has 1 atom stereocenters. The average molecular weight is 304 g/mol. The zero-order chi connectivity index (χ0) is 13.9. The minimum absolute atomic E-state index is 0.619. The molecular formula is C16H16O2S2. The van der Waals surface area contributed by atoms with Gasteiger partial charge in [0.2, 0.25) is 0 Å². The van der Waals surface area contributed by atoms with Crippen LogP contribution in [0.4, 0.5) is 0 Å².